The molecule has 0 spiro atoms. The van der Waals surface area contributed by atoms with Crippen molar-refractivity contribution in [2.24, 2.45) is 0 Å². The largest absolute Gasteiger partial charge is 0.492 e. The molecular weight excluding hydrogens is 366 g/mol. The van der Waals surface area contributed by atoms with Crippen LogP contribution in [0.25, 0.3) is 0 Å². The highest BCUT2D eigenvalue weighted by Crippen LogP contribution is 2.30. The lowest BCUT2D eigenvalue weighted by Gasteiger charge is -2.29. The van der Waals surface area contributed by atoms with Gasteiger partial charge in [-0.3, -0.25) is 0 Å². The second-order valence-corrected chi connectivity index (χ2v) is 10.8. The van der Waals surface area contributed by atoms with Crippen LogP contribution in [0.5, 0.6) is 11.8 Å². The lowest BCUT2D eigenvalue weighted by Crippen LogP contribution is -2.38. The first kappa shape index (κ1) is 20.3. The molecule has 0 amide bonds. The van der Waals surface area contributed by atoms with Crippen molar-refractivity contribution in [3.63, 3.8) is 0 Å². The van der Waals surface area contributed by atoms with Crippen LogP contribution in [0.4, 0.5) is 0 Å². The summed E-state index contributed by atoms with van der Waals surface area (Å²) in [5.74, 6) is -1.29. The van der Waals surface area contributed by atoms with Gasteiger partial charge >= 0.3 is 5.97 Å². The number of aromatic nitrogens is 1. The lowest BCUT2D eigenvalue weighted by molar-refractivity contribution is 0.0382. The molecule has 0 aliphatic rings. The highest BCUT2D eigenvalue weighted by Gasteiger charge is 2.30. The molecule has 1 aromatic carbocycles. The minimum absolute atomic E-state index is 0.155. The average Bonchev–Trinajstić information content (AvgIpc) is 2.84. The molecule has 0 aliphatic carbocycles. The van der Waals surface area contributed by atoms with E-state index in [0.717, 1.165) is 26.6 Å². The molecule has 26 heavy (non-hydrogen) atoms. The van der Waals surface area contributed by atoms with E-state index in [1.165, 1.54) is 17.7 Å². The van der Waals surface area contributed by atoms with E-state index < -0.39 is 15.7 Å². The zero-order valence-electron chi connectivity index (χ0n) is 16.4. The van der Waals surface area contributed by atoms with E-state index in [0.29, 0.717) is 16.0 Å². The van der Waals surface area contributed by atoms with Gasteiger partial charge in [-0.25, -0.2) is 4.79 Å². The minimum Gasteiger partial charge on any atom is -0.492 e. The third-order valence-electron chi connectivity index (χ3n) is 4.69. The number of aromatic hydroxyl groups is 2. The van der Waals surface area contributed by atoms with E-state index in [-0.39, 0.29) is 17.2 Å². The third kappa shape index (κ3) is 3.57. The summed E-state index contributed by atoms with van der Waals surface area (Å²) in [6.45, 7) is 12.3. The zero-order chi connectivity index (χ0) is 19.8. The van der Waals surface area contributed by atoms with Crippen LogP contribution in [0.2, 0.25) is 0 Å². The first-order chi connectivity index (χ1) is 12.0. The Morgan fingerprint density at radius 1 is 1.08 bits per heavy atom. The van der Waals surface area contributed by atoms with E-state index in [1.807, 2.05) is 13.8 Å². The Hall–Kier alpha value is -2.04. The molecule has 2 N–H and O–H groups in total. The molecule has 0 aliphatic heterocycles. The SMILES string of the molecule is Cc1c(C)c(C(=O)On2c(O)ccc2O)c([SiH2]O[SiH3])c(C(C)(C)C)c1C. The summed E-state index contributed by atoms with van der Waals surface area (Å²) in [4.78, 5) is 18.3. The van der Waals surface area contributed by atoms with Crippen molar-refractivity contribution >= 4 is 31.4 Å². The second kappa shape index (κ2) is 7.30. The minimum atomic E-state index is -1.11. The van der Waals surface area contributed by atoms with E-state index in [4.69, 9.17) is 8.95 Å². The molecule has 0 atom stereocenters. The maximum absolute atomic E-state index is 13.0. The summed E-state index contributed by atoms with van der Waals surface area (Å²) in [5, 5.41) is 20.5. The lowest BCUT2D eigenvalue weighted by atomic mass is 9.80. The molecule has 1 heterocycles. The molecular formula is C18H27NO5Si2. The van der Waals surface area contributed by atoms with Crippen LogP contribution < -0.4 is 10.0 Å². The molecule has 6 nitrogen and oxygen atoms in total. The molecule has 8 heteroatoms. The molecule has 0 saturated heterocycles. The predicted molar refractivity (Wildman–Crippen MR) is 107 cm³/mol. The number of carbonyl (C=O) groups is 1. The number of carbonyl (C=O) groups excluding carboxylic acids is 1. The van der Waals surface area contributed by atoms with Crippen molar-refractivity contribution in [3.05, 3.63) is 39.9 Å². The highest BCUT2D eigenvalue weighted by molar-refractivity contribution is 6.53. The summed E-state index contributed by atoms with van der Waals surface area (Å²) in [6, 6.07) is 2.51. The molecule has 0 saturated carbocycles. The molecule has 2 aromatic rings. The van der Waals surface area contributed by atoms with Crippen molar-refractivity contribution in [1.82, 2.24) is 4.73 Å². The standard InChI is InChI=1S/C18H27NO5Si2/c1-9-10(2)14(17(22)23-19-12(20)7-8-13(19)21)16(26-24-25)15(11(9)3)18(4,5)6/h7-8,20-21H,26H2,1-6,25H3. The van der Waals surface area contributed by atoms with Gasteiger partial charge in [-0.2, -0.15) is 0 Å². The quantitative estimate of drug-likeness (QED) is 0.735. The van der Waals surface area contributed by atoms with E-state index in [9.17, 15) is 15.0 Å². The summed E-state index contributed by atoms with van der Waals surface area (Å²) >= 11 is 0. The second-order valence-electron chi connectivity index (χ2n) is 7.51. The monoisotopic (exact) mass is 393 g/mol. The van der Waals surface area contributed by atoms with Gasteiger partial charge in [0.05, 0.1) is 5.56 Å². The average molecular weight is 394 g/mol. The van der Waals surface area contributed by atoms with Gasteiger partial charge in [0.25, 0.3) is 0 Å². The Bertz CT molecular complexity index is 833. The summed E-state index contributed by atoms with van der Waals surface area (Å²) < 4.78 is 6.37. The fourth-order valence-electron chi connectivity index (χ4n) is 3.44. The molecule has 0 bridgehead atoms. The first-order valence-corrected chi connectivity index (χ1v) is 10.5. The topological polar surface area (TPSA) is 80.9 Å². The maximum atomic E-state index is 13.0. The third-order valence-corrected chi connectivity index (χ3v) is 6.84. The molecule has 0 unspecified atom stereocenters. The summed E-state index contributed by atoms with van der Waals surface area (Å²) in [5.41, 5.74) is 4.49. The summed E-state index contributed by atoms with van der Waals surface area (Å²) in [6.07, 6.45) is 0. The summed E-state index contributed by atoms with van der Waals surface area (Å²) in [7, 11) is -0.509. The van der Waals surface area contributed by atoms with Gasteiger partial charge in [0.1, 0.15) is 10.5 Å². The normalized spacial score (nSPS) is 12.2. The van der Waals surface area contributed by atoms with Gasteiger partial charge in [0.2, 0.25) is 11.8 Å². The van der Waals surface area contributed by atoms with Gasteiger partial charge in [0.15, 0.2) is 9.76 Å². The van der Waals surface area contributed by atoms with Gasteiger partial charge in [-0.15, -0.1) is 4.73 Å². The van der Waals surface area contributed by atoms with Crippen molar-refractivity contribution in [2.75, 3.05) is 0 Å². The van der Waals surface area contributed by atoms with Crippen LogP contribution in [0, 0.1) is 20.8 Å². The number of nitrogens with zero attached hydrogens (tertiary/aromatic N) is 1. The number of rotatable bonds is 4. The molecule has 0 fully saturated rings. The van der Waals surface area contributed by atoms with Gasteiger partial charge in [-0.05, 0) is 53.6 Å². The van der Waals surface area contributed by atoms with E-state index in [1.54, 1.807) is 0 Å². The van der Waals surface area contributed by atoms with Crippen LogP contribution in [-0.2, 0) is 9.53 Å². The van der Waals surface area contributed by atoms with E-state index >= 15 is 0 Å². The van der Waals surface area contributed by atoms with Crippen LogP contribution in [0.1, 0.15) is 53.4 Å². The number of benzene rings is 1. The maximum Gasteiger partial charge on any atom is 0.364 e. The fraction of sp³-hybridized carbons (Fsp3) is 0.389. The van der Waals surface area contributed by atoms with Crippen LogP contribution in [0.15, 0.2) is 12.1 Å². The van der Waals surface area contributed by atoms with Crippen molar-refractivity contribution in [3.8, 4) is 11.8 Å². The fourth-order valence-corrected chi connectivity index (χ4v) is 6.09. The van der Waals surface area contributed by atoms with Gasteiger partial charge < -0.3 is 19.2 Å². The van der Waals surface area contributed by atoms with Crippen molar-refractivity contribution < 1.29 is 24.0 Å². The Morgan fingerprint density at radius 2 is 1.62 bits per heavy atom. The number of hydrogen-bond acceptors (Lipinski definition) is 5. The first-order valence-electron chi connectivity index (χ1n) is 8.45. The Morgan fingerprint density at radius 3 is 2.08 bits per heavy atom. The Kier molecular flexibility index (Phi) is 5.69. The van der Waals surface area contributed by atoms with Crippen LogP contribution >= 0.6 is 0 Å². The number of hydrogen-bond donors (Lipinski definition) is 2. The van der Waals surface area contributed by atoms with E-state index in [2.05, 4.69) is 27.7 Å². The zero-order valence-corrected chi connectivity index (χ0v) is 19.8. The highest BCUT2D eigenvalue weighted by atomic mass is 28.3. The van der Waals surface area contributed by atoms with Crippen LogP contribution in [-0.4, -0.2) is 41.2 Å². The molecule has 142 valence electrons. The predicted octanol–water partition coefficient (Wildman–Crippen LogP) is 0.397. The molecule has 1 aromatic heterocycles. The molecule has 2 rings (SSSR count). The van der Waals surface area contributed by atoms with Crippen LogP contribution in [0.3, 0.4) is 0 Å². The Labute approximate surface area is 159 Å². The molecule has 0 radical (unpaired) electrons. The van der Waals surface area contributed by atoms with Gasteiger partial charge in [0, 0.05) is 12.1 Å². The van der Waals surface area contributed by atoms with Crippen molar-refractivity contribution in [1.29, 1.82) is 0 Å². The Balaban J connectivity index is 2.70. The van der Waals surface area contributed by atoms with Gasteiger partial charge in [-0.1, -0.05) is 20.8 Å². The van der Waals surface area contributed by atoms with Crippen molar-refractivity contribution in [2.45, 2.75) is 47.0 Å². The smallest absolute Gasteiger partial charge is 0.364 e.